The molecule has 0 aliphatic carbocycles. The third-order valence-corrected chi connectivity index (χ3v) is 5.38. The van der Waals surface area contributed by atoms with Crippen LogP contribution >= 0.6 is 23.2 Å². The minimum absolute atomic E-state index is 0.109. The Bertz CT molecular complexity index is 1340. The van der Waals surface area contributed by atoms with Gasteiger partial charge in [-0.1, -0.05) is 47.5 Å². The van der Waals surface area contributed by atoms with Crippen LogP contribution in [0.2, 0.25) is 10.0 Å². The van der Waals surface area contributed by atoms with Crippen molar-refractivity contribution < 1.29 is 14.5 Å². The monoisotopic (exact) mass is 496 g/mol. The van der Waals surface area contributed by atoms with Crippen LogP contribution in [0.25, 0.3) is 0 Å². The highest BCUT2D eigenvalue weighted by molar-refractivity contribution is 6.32. The van der Waals surface area contributed by atoms with Crippen molar-refractivity contribution in [3.05, 3.63) is 116 Å². The first-order valence-corrected chi connectivity index (χ1v) is 10.9. The Morgan fingerprint density at radius 2 is 1.82 bits per heavy atom. The fourth-order valence-corrected chi connectivity index (χ4v) is 3.60. The number of amides is 1. The molecule has 0 spiro atoms. The molecule has 0 unspecified atom stereocenters. The standard InChI is InChI=1S/C24H18Cl2N4O4/c25-19-3-1-2-17(12-19)14-29-11-10-23(28-29)27-24(31)18-6-4-16(5-7-18)15-34-22-9-8-20(30(32)33)13-21(22)26/h1-13H,14-15H2,(H,27,28,31). The van der Waals surface area contributed by atoms with Gasteiger partial charge >= 0.3 is 0 Å². The van der Waals surface area contributed by atoms with Crippen LogP contribution in [0, 0.1) is 10.1 Å². The summed E-state index contributed by atoms with van der Waals surface area (Å²) in [6.07, 6.45) is 1.78. The normalized spacial score (nSPS) is 10.6. The number of halogens is 2. The van der Waals surface area contributed by atoms with E-state index in [-0.39, 0.29) is 23.2 Å². The van der Waals surface area contributed by atoms with Gasteiger partial charge in [0.15, 0.2) is 5.82 Å². The van der Waals surface area contributed by atoms with Crippen LogP contribution in [0.5, 0.6) is 5.75 Å². The molecule has 0 fully saturated rings. The first-order valence-electron chi connectivity index (χ1n) is 10.1. The molecule has 4 rings (SSSR count). The maximum Gasteiger partial charge on any atom is 0.271 e. The number of hydrogen-bond donors (Lipinski definition) is 1. The van der Waals surface area contributed by atoms with Crippen molar-refractivity contribution in [3.63, 3.8) is 0 Å². The molecule has 0 aliphatic rings. The van der Waals surface area contributed by atoms with E-state index in [0.29, 0.717) is 28.7 Å². The summed E-state index contributed by atoms with van der Waals surface area (Å²) in [4.78, 5) is 22.8. The van der Waals surface area contributed by atoms with Crippen LogP contribution in [0.3, 0.4) is 0 Å². The number of anilines is 1. The average molecular weight is 497 g/mol. The number of carbonyl (C=O) groups is 1. The van der Waals surface area contributed by atoms with E-state index in [0.717, 1.165) is 11.1 Å². The zero-order valence-electron chi connectivity index (χ0n) is 17.7. The number of aromatic nitrogens is 2. The Hall–Kier alpha value is -3.88. The molecule has 0 atom stereocenters. The van der Waals surface area contributed by atoms with Crippen LogP contribution in [-0.2, 0) is 13.2 Å². The quantitative estimate of drug-likeness (QED) is 0.239. The Balaban J connectivity index is 1.33. The molecule has 4 aromatic rings. The molecule has 1 heterocycles. The van der Waals surface area contributed by atoms with E-state index in [2.05, 4.69) is 10.4 Å². The van der Waals surface area contributed by atoms with Crippen LogP contribution in [0.15, 0.2) is 79.0 Å². The van der Waals surface area contributed by atoms with Crippen LogP contribution in [-0.4, -0.2) is 20.6 Å². The van der Waals surface area contributed by atoms with Gasteiger partial charge in [-0.25, -0.2) is 0 Å². The summed E-state index contributed by atoms with van der Waals surface area (Å²) in [5.74, 6) is 0.480. The third-order valence-electron chi connectivity index (χ3n) is 4.85. The van der Waals surface area contributed by atoms with E-state index in [9.17, 15) is 14.9 Å². The van der Waals surface area contributed by atoms with Crippen molar-refractivity contribution in [3.8, 4) is 5.75 Å². The van der Waals surface area contributed by atoms with Gasteiger partial charge in [0.05, 0.1) is 16.5 Å². The molecule has 172 valence electrons. The van der Waals surface area contributed by atoms with E-state index in [4.69, 9.17) is 27.9 Å². The molecule has 0 saturated carbocycles. The number of nitro groups is 1. The molecular formula is C24H18Cl2N4O4. The second kappa shape index (κ2) is 10.4. The molecule has 1 amide bonds. The van der Waals surface area contributed by atoms with E-state index in [1.807, 2.05) is 24.3 Å². The summed E-state index contributed by atoms with van der Waals surface area (Å²) in [7, 11) is 0. The SMILES string of the molecule is O=C(Nc1ccn(Cc2cccc(Cl)c2)n1)c1ccc(COc2ccc([N+](=O)[O-])cc2Cl)cc1. The van der Waals surface area contributed by atoms with Crippen molar-refractivity contribution in [1.29, 1.82) is 0 Å². The number of hydrogen-bond acceptors (Lipinski definition) is 5. The molecule has 0 aliphatic heterocycles. The number of rotatable bonds is 8. The number of nitro benzene ring substituents is 1. The smallest absolute Gasteiger partial charge is 0.271 e. The summed E-state index contributed by atoms with van der Waals surface area (Å²) >= 11 is 12.1. The highest BCUT2D eigenvalue weighted by Gasteiger charge is 2.11. The topological polar surface area (TPSA) is 99.3 Å². The van der Waals surface area contributed by atoms with Gasteiger partial charge in [-0.3, -0.25) is 19.6 Å². The Morgan fingerprint density at radius 1 is 1.03 bits per heavy atom. The van der Waals surface area contributed by atoms with Gasteiger partial charge in [0.2, 0.25) is 0 Å². The van der Waals surface area contributed by atoms with Crippen molar-refractivity contribution in [1.82, 2.24) is 9.78 Å². The molecule has 0 bridgehead atoms. The minimum Gasteiger partial charge on any atom is -0.487 e. The summed E-state index contributed by atoms with van der Waals surface area (Å²) in [5.41, 5.74) is 2.15. The summed E-state index contributed by atoms with van der Waals surface area (Å²) in [6.45, 7) is 0.719. The minimum atomic E-state index is -0.525. The van der Waals surface area contributed by atoms with Crippen molar-refractivity contribution in [2.45, 2.75) is 13.2 Å². The summed E-state index contributed by atoms with van der Waals surface area (Å²) < 4.78 is 7.35. The number of ether oxygens (including phenoxy) is 1. The maximum absolute atomic E-state index is 12.6. The van der Waals surface area contributed by atoms with Gasteiger partial charge in [0.1, 0.15) is 12.4 Å². The van der Waals surface area contributed by atoms with E-state index >= 15 is 0 Å². The van der Waals surface area contributed by atoms with Gasteiger partial charge in [-0.05, 0) is 41.5 Å². The molecule has 34 heavy (non-hydrogen) atoms. The third kappa shape index (κ3) is 5.92. The molecule has 1 aromatic heterocycles. The van der Waals surface area contributed by atoms with Gasteiger partial charge in [-0.2, -0.15) is 5.10 Å². The number of non-ortho nitro benzene ring substituents is 1. The zero-order valence-corrected chi connectivity index (χ0v) is 19.2. The maximum atomic E-state index is 12.6. The van der Waals surface area contributed by atoms with Crippen LogP contribution < -0.4 is 10.1 Å². The Kier molecular flexibility index (Phi) is 7.10. The predicted octanol–water partition coefficient (Wildman–Crippen LogP) is 5.98. The highest BCUT2D eigenvalue weighted by Crippen LogP contribution is 2.29. The molecule has 0 radical (unpaired) electrons. The average Bonchev–Trinajstić information content (AvgIpc) is 3.25. The second-order valence-corrected chi connectivity index (χ2v) is 8.18. The zero-order chi connectivity index (χ0) is 24.1. The van der Waals surface area contributed by atoms with E-state index in [1.54, 1.807) is 41.2 Å². The van der Waals surface area contributed by atoms with Gasteiger partial charge in [0, 0.05) is 35.0 Å². The van der Waals surface area contributed by atoms with Crippen molar-refractivity contribution >= 4 is 40.6 Å². The largest absolute Gasteiger partial charge is 0.487 e. The Morgan fingerprint density at radius 3 is 2.53 bits per heavy atom. The number of benzene rings is 3. The molecule has 1 N–H and O–H groups in total. The van der Waals surface area contributed by atoms with Gasteiger partial charge in [0.25, 0.3) is 11.6 Å². The van der Waals surface area contributed by atoms with Gasteiger partial charge in [-0.15, -0.1) is 0 Å². The predicted molar refractivity (Wildman–Crippen MR) is 130 cm³/mol. The molecule has 3 aromatic carbocycles. The molecular weight excluding hydrogens is 479 g/mol. The second-order valence-electron chi connectivity index (χ2n) is 7.34. The lowest BCUT2D eigenvalue weighted by Gasteiger charge is -2.09. The molecule has 8 nitrogen and oxygen atoms in total. The van der Waals surface area contributed by atoms with Crippen LogP contribution in [0.4, 0.5) is 11.5 Å². The lowest BCUT2D eigenvalue weighted by atomic mass is 10.1. The molecule has 10 heteroatoms. The van der Waals surface area contributed by atoms with Crippen molar-refractivity contribution in [2.24, 2.45) is 0 Å². The number of nitrogens with one attached hydrogen (secondary N) is 1. The number of nitrogens with zero attached hydrogens (tertiary/aromatic N) is 3. The summed E-state index contributed by atoms with van der Waals surface area (Å²) in [5, 5.41) is 18.8. The molecule has 0 saturated heterocycles. The Labute approximate surface area is 204 Å². The van der Waals surface area contributed by atoms with Crippen LogP contribution in [0.1, 0.15) is 21.5 Å². The number of carbonyl (C=O) groups excluding carboxylic acids is 1. The fourth-order valence-electron chi connectivity index (χ4n) is 3.16. The highest BCUT2D eigenvalue weighted by atomic mass is 35.5. The van der Waals surface area contributed by atoms with Gasteiger partial charge < -0.3 is 10.1 Å². The summed E-state index contributed by atoms with van der Waals surface area (Å²) in [6, 6.07) is 20.1. The fraction of sp³-hybridized carbons (Fsp3) is 0.0833. The van der Waals surface area contributed by atoms with E-state index < -0.39 is 4.92 Å². The lowest BCUT2D eigenvalue weighted by Crippen LogP contribution is -2.13. The van der Waals surface area contributed by atoms with Crippen molar-refractivity contribution in [2.75, 3.05) is 5.32 Å². The first kappa shape index (κ1) is 23.3. The lowest BCUT2D eigenvalue weighted by molar-refractivity contribution is -0.384. The first-order chi connectivity index (χ1) is 16.4. The van der Waals surface area contributed by atoms with E-state index in [1.165, 1.54) is 18.2 Å².